The Labute approximate surface area is 288 Å². The molecule has 1 atom stereocenters. The Morgan fingerprint density at radius 3 is 1.82 bits per heavy atom. The third kappa shape index (κ3) is 4.71. The Bertz CT molecular complexity index is 2780. The van der Waals surface area contributed by atoms with E-state index in [4.69, 9.17) is 14.4 Å². The Hall–Kier alpha value is -6.72. The van der Waals surface area contributed by atoms with E-state index in [-0.39, 0.29) is 6.17 Å². The lowest BCUT2D eigenvalue weighted by Crippen LogP contribution is -2.33. The van der Waals surface area contributed by atoms with E-state index in [0.717, 1.165) is 61.3 Å². The summed E-state index contributed by atoms with van der Waals surface area (Å²) in [5.74, 6) is 1.46. The number of aliphatic imine (C=N–C) groups is 2. The maximum absolute atomic E-state index is 6.57. The molecule has 0 saturated heterocycles. The van der Waals surface area contributed by atoms with Crippen LogP contribution in [-0.4, -0.2) is 16.2 Å². The second-order valence-electron chi connectivity index (χ2n) is 12.7. The largest absolute Gasteiger partial charge is 0.456 e. The van der Waals surface area contributed by atoms with Crippen LogP contribution in [0.2, 0.25) is 0 Å². The Kier molecular flexibility index (Phi) is 6.49. The molecular weight excluding hydrogens is 613 g/mol. The average molecular weight is 643 g/mol. The van der Waals surface area contributed by atoms with Gasteiger partial charge in [-0.05, 0) is 65.2 Å². The molecule has 0 amide bonds. The van der Waals surface area contributed by atoms with Gasteiger partial charge < -0.3 is 14.3 Å². The number of benzene rings is 7. The molecule has 0 fully saturated rings. The number of rotatable bonds is 5. The number of hydrogen-bond donors (Lipinski definition) is 1. The highest BCUT2D eigenvalue weighted by Gasteiger charge is 2.22. The van der Waals surface area contributed by atoms with E-state index in [2.05, 4.69) is 143 Å². The zero-order chi connectivity index (χ0) is 33.0. The highest BCUT2D eigenvalue weighted by atomic mass is 16.3. The summed E-state index contributed by atoms with van der Waals surface area (Å²) in [6.45, 7) is 0. The van der Waals surface area contributed by atoms with E-state index in [1.165, 1.54) is 21.8 Å². The molecule has 3 heterocycles. The van der Waals surface area contributed by atoms with Gasteiger partial charge in [0, 0.05) is 38.4 Å². The lowest BCUT2D eigenvalue weighted by atomic mass is 10.0. The first-order valence-corrected chi connectivity index (χ1v) is 16.9. The molecule has 1 N–H and O–H groups in total. The molecule has 50 heavy (non-hydrogen) atoms. The molecule has 2 aromatic heterocycles. The highest BCUT2D eigenvalue weighted by Crippen LogP contribution is 2.37. The molecule has 10 rings (SSSR count). The van der Waals surface area contributed by atoms with Crippen LogP contribution in [0.3, 0.4) is 0 Å². The van der Waals surface area contributed by atoms with E-state index >= 15 is 0 Å². The minimum absolute atomic E-state index is 0.259. The van der Waals surface area contributed by atoms with Crippen molar-refractivity contribution in [1.29, 1.82) is 0 Å². The Morgan fingerprint density at radius 2 is 1.06 bits per heavy atom. The molecule has 1 unspecified atom stereocenters. The van der Waals surface area contributed by atoms with Crippen LogP contribution >= 0.6 is 0 Å². The smallest absolute Gasteiger partial charge is 0.159 e. The Morgan fingerprint density at radius 1 is 0.480 bits per heavy atom. The summed E-state index contributed by atoms with van der Waals surface area (Å²) in [7, 11) is 0. The van der Waals surface area contributed by atoms with Crippen molar-refractivity contribution in [2.45, 2.75) is 6.17 Å². The van der Waals surface area contributed by atoms with Crippen molar-refractivity contribution in [1.82, 2.24) is 9.88 Å². The first-order chi connectivity index (χ1) is 24.8. The summed E-state index contributed by atoms with van der Waals surface area (Å²) in [5, 5.41) is 8.16. The van der Waals surface area contributed by atoms with Gasteiger partial charge >= 0.3 is 0 Å². The number of aromatic nitrogens is 1. The number of nitrogens with zero attached hydrogens (tertiary/aromatic N) is 3. The molecule has 7 aromatic carbocycles. The van der Waals surface area contributed by atoms with Gasteiger partial charge in [-0.1, -0.05) is 121 Å². The number of amidine groups is 2. The van der Waals surface area contributed by atoms with E-state index in [1.54, 1.807) is 0 Å². The van der Waals surface area contributed by atoms with Gasteiger partial charge in [-0.15, -0.1) is 0 Å². The topological polar surface area (TPSA) is 54.8 Å². The molecular formula is C45H30N4O. The molecule has 0 aliphatic carbocycles. The van der Waals surface area contributed by atoms with Crippen LogP contribution in [0.25, 0.3) is 60.6 Å². The third-order valence-corrected chi connectivity index (χ3v) is 9.66. The fourth-order valence-electron chi connectivity index (χ4n) is 7.23. The zero-order valence-corrected chi connectivity index (χ0v) is 27.0. The van der Waals surface area contributed by atoms with Crippen LogP contribution < -0.4 is 5.32 Å². The van der Waals surface area contributed by atoms with E-state index in [1.807, 2.05) is 36.4 Å². The van der Waals surface area contributed by atoms with Crippen LogP contribution in [0.1, 0.15) is 22.9 Å². The van der Waals surface area contributed by atoms with Crippen molar-refractivity contribution in [2.24, 2.45) is 9.98 Å². The second kappa shape index (κ2) is 11.5. The van der Waals surface area contributed by atoms with Crippen LogP contribution in [0, 0.1) is 0 Å². The van der Waals surface area contributed by atoms with Gasteiger partial charge in [-0.25, -0.2) is 9.98 Å². The molecule has 5 heteroatoms. The number of furan rings is 1. The number of hydrogen-bond acceptors (Lipinski definition) is 4. The van der Waals surface area contributed by atoms with Gasteiger partial charge in [0.1, 0.15) is 23.2 Å². The van der Waals surface area contributed by atoms with Crippen molar-refractivity contribution in [3.63, 3.8) is 0 Å². The predicted octanol–water partition coefficient (Wildman–Crippen LogP) is 10.8. The normalized spacial score (nSPS) is 14.6. The van der Waals surface area contributed by atoms with Crippen LogP contribution in [0.5, 0.6) is 0 Å². The first-order valence-electron chi connectivity index (χ1n) is 16.9. The van der Waals surface area contributed by atoms with Crippen molar-refractivity contribution < 1.29 is 4.42 Å². The zero-order valence-electron chi connectivity index (χ0n) is 27.0. The van der Waals surface area contributed by atoms with Crippen LogP contribution in [-0.2, 0) is 0 Å². The summed E-state index contributed by atoms with van der Waals surface area (Å²) >= 11 is 0. The maximum atomic E-state index is 6.57. The monoisotopic (exact) mass is 642 g/mol. The molecule has 9 aromatic rings. The van der Waals surface area contributed by atoms with Gasteiger partial charge in [0.05, 0.1) is 11.0 Å². The summed E-state index contributed by atoms with van der Waals surface area (Å²) in [5.41, 5.74) is 10.4. The van der Waals surface area contributed by atoms with E-state index in [9.17, 15) is 0 Å². The fraction of sp³-hybridized carbons (Fsp3) is 0.0222. The van der Waals surface area contributed by atoms with Crippen LogP contribution in [0.4, 0.5) is 0 Å². The van der Waals surface area contributed by atoms with Crippen LogP contribution in [0.15, 0.2) is 184 Å². The standard InChI is InChI=1S/C45H30N4O/c1-4-12-29(13-5-1)43-46-44(30-14-6-2-7-15-30)48-45(47-43)33-22-25-38-37-24-21-32(27-41(37)50-42(38)28-33)31-20-23-36-35-18-10-11-19-39(35)49(40(36)26-31)34-16-8-3-9-17-34/h1-28,43H,(H,46,47,48). The molecule has 0 bridgehead atoms. The summed E-state index contributed by atoms with van der Waals surface area (Å²) in [4.78, 5) is 10.1. The fourth-order valence-corrected chi connectivity index (χ4v) is 7.23. The van der Waals surface area contributed by atoms with E-state index < -0.39 is 0 Å². The lowest BCUT2D eigenvalue weighted by molar-refractivity contribution is 0.667. The first kappa shape index (κ1) is 28.3. The maximum Gasteiger partial charge on any atom is 0.159 e. The Balaban J connectivity index is 1.06. The molecule has 236 valence electrons. The number of nitrogens with one attached hydrogen (secondary N) is 1. The van der Waals surface area contributed by atoms with Crippen molar-refractivity contribution in [3.05, 3.63) is 187 Å². The second-order valence-corrected chi connectivity index (χ2v) is 12.7. The molecule has 1 aliphatic heterocycles. The lowest BCUT2D eigenvalue weighted by Gasteiger charge is -2.23. The molecule has 0 radical (unpaired) electrons. The summed E-state index contributed by atoms with van der Waals surface area (Å²) < 4.78 is 8.93. The minimum atomic E-state index is -0.259. The van der Waals surface area contributed by atoms with Gasteiger partial charge in [0.15, 0.2) is 5.84 Å². The average Bonchev–Trinajstić information content (AvgIpc) is 3.73. The van der Waals surface area contributed by atoms with Crippen molar-refractivity contribution >= 4 is 55.4 Å². The molecule has 5 nitrogen and oxygen atoms in total. The van der Waals surface area contributed by atoms with Gasteiger partial charge in [0.2, 0.25) is 0 Å². The molecule has 1 aliphatic rings. The third-order valence-electron chi connectivity index (χ3n) is 9.66. The van der Waals surface area contributed by atoms with Crippen molar-refractivity contribution in [2.75, 3.05) is 0 Å². The molecule has 0 spiro atoms. The predicted molar refractivity (Wildman–Crippen MR) is 205 cm³/mol. The van der Waals surface area contributed by atoms with Gasteiger partial charge in [-0.2, -0.15) is 0 Å². The SMILES string of the molecule is c1ccc(C2=NC(c3ccc4c(c3)oc3cc(-c5ccc6c7ccccc7n(-c7ccccc7)c6c5)ccc34)=NC(c3ccccc3)N2)cc1. The summed E-state index contributed by atoms with van der Waals surface area (Å²) in [6.07, 6.45) is -0.259. The number of para-hydroxylation sites is 2. The highest BCUT2D eigenvalue weighted by molar-refractivity contribution is 6.15. The van der Waals surface area contributed by atoms with Gasteiger partial charge in [0.25, 0.3) is 0 Å². The summed E-state index contributed by atoms with van der Waals surface area (Å²) in [6, 6.07) is 59.2. The van der Waals surface area contributed by atoms with Crippen molar-refractivity contribution in [3.8, 4) is 16.8 Å². The van der Waals surface area contributed by atoms with Gasteiger partial charge in [-0.3, -0.25) is 0 Å². The minimum Gasteiger partial charge on any atom is -0.456 e. The van der Waals surface area contributed by atoms with E-state index in [0.29, 0.717) is 5.84 Å². The number of fused-ring (bicyclic) bond motifs is 6. The molecule has 0 saturated carbocycles. The quantitative estimate of drug-likeness (QED) is 0.203.